The van der Waals surface area contributed by atoms with E-state index in [1.54, 1.807) is 12.4 Å². The average Bonchev–Trinajstić information content (AvgIpc) is 2.74. The van der Waals surface area contributed by atoms with Crippen molar-refractivity contribution in [3.63, 3.8) is 0 Å². The fraction of sp³-hybridized carbons (Fsp3) is 0.0769. The topological polar surface area (TPSA) is 30.7 Å². The summed E-state index contributed by atoms with van der Waals surface area (Å²) in [6.07, 6.45) is 3.58. The lowest BCUT2D eigenvalue weighted by atomic mass is 10.0. The number of pyridine rings is 1. The van der Waals surface area contributed by atoms with Gasteiger partial charge in [-0.1, -0.05) is 29.8 Å². The Balaban J connectivity index is 2.37. The molecule has 0 radical (unpaired) electrons. The van der Waals surface area contributed by atoms with E-state index >= 15 is 0 Å². The molecule has 0 atom stereocenters. The zero-order valence-corrected chi connectivity index (χ0v) is 10.0. The summed E-state index contributed by atoms with van der Waals surface area (Å²) in [5.74, 6) is 0. The molecule has 1 aromatic carbocycles. The number of aryl methyl sites for hydroxylation is 1. The molecule has 0 saturated heterocycles. The van der Waals surface area contributed by atoms with E-state index in [2.05, 4.69) is 16.1 Å². The fourth-order valence-corrected chi connectivity index (χ4v) is 2.16. The molecule has 17 heavy (non-hydrogen) atoms. The number of nitrogens with zero attached hydrogens (tertiary/aromatic N) is 3. The highest BCUT2D eigenvalue weighted by Crippen LogP contribution is 2.28. The van der Waals surface area contributed by atoms with E-state index in [4.69, 9.17) is 11.6 Å². The van der Waals surface area contributed by atoms with Gasteiger partial charge in [0.05, 0.1) is 5.69 Å². The Labute approximate surface area is 104 Å². The molecule has 4 heteroatoms. The third kappa shape index (κ3) is 1.68. The van der Waals surface area contributed by atoms with Gasteiger partial charge in [0, 0.05) is 30.4 Å². The first-order chi connectivity index (χ1) is 8.25. The molecule has 0 aliphatic rings. The quantitative estimate of drug-likeness (QED) is 0.614. The van der Waals surface area contributed by atoms with Crippen LogP contribution in [-0.4, -0.2) is 14.8 Å². The number of aromatic nitrogens is 3. The third-order valence-corrected chi connectivity index (χ3v) is 3.03. The fourth-order valence-electron chi connectivity index (χ4n) is 2.01. The van der Waals surface area contributed by atoms with Crippen LogP contribution in [0.3, 0.4) is 0 Å². The number of halogens is 1. The van der Waals surface area contributed by atoms with Gasteiger partial charge < -0.3 is 0 Å². The highest BCUT2D eigenvalue weighted by molar-refractivity contribution is 6.30. The maximum absolute atomic E-state index is 5.96. The molecular weight excluding hydrogens is 234 g/mol. The van der Waals surface area contributed by atoms with Crippen LogP contribution < -0.4 is 0 Å². The van der Waals surface area contributed by atoms with Gasteiger partial charge in [-0.3, -0.25) is 4.68 Å². The van der Waals surface area contributed by atoms with Crippen molar-refractivity contribution in [2.24, 2.45) is 7.05 Å². The predicted octanol–water partition coefficient (Wildman–Crippen LogP) is 3.29. The van der Waals surface area contributed by atoms with Crippen molar-refractivity contribution < 1.29 is 0 Å². The van der Waals surface area contributed by atoms with E-state index in [-0.39, 0.29) is 0 Å². The van der Waals surface area contributed by atoms with Crippen LogP contribution in [0.5, 0.6) is 0 Å². The molecule has 0 N–H and O–H groups in total. The minimum Gasteiger partial charge on any atom is -0.268 e. The average molecular weight is 244 g/mol. The van der Waals surface area contributed by atoms with Gasteiger partial charge in [-0.25, -0.2) is 4.98 Å². The van der Waals surface area contributed by atoms with Gasteiger partial charge in [-0.05, 0) is 17.5 Å². The number of fused-ring (bicyclic) bond motifs is 1. The van der Waals surface area contributed by atoms with Gasteiger partial charge in [-0.2, -0.15) is 5.10 Å². The van der Waals surface area contributed by atoms with Crippen LogP contribution in [0.1, 0.15) is 0 Å². The highest BCUT2D eigenvalue weighted by Gasteiger charge is 2.07. The number of hydrogen-bond acceptors (Lipinski definition) is 2. The van der Waals surface area contributed by atoms with Gasteiger partial charge >= 0.3 is 0 Å². The lowest BCUT2D eigenvalue weighted by Crippen LogP contribution is -1.94. The van der Waals surface area contributed by atoms with E-state index in [0.717, 1.165) is 22.0 Å². The van der Waals surface area contributed by atoms with Crippen molar-refractivity contribution in [2.45, 2.75) is 0 Å². The second-order valence-electron chi connectivity index (χ2n) is 3.87. The van der Waals surface area contributed by atoms with Crippen molar-refractivity contribution in [3.05, 3.63) is 47.9 Å². The molecule has 0 bridgehead atoms. The summed E-state index contributed by atoms with van der Waals surface area (Å²) in [5.41, 5.74) is 2.18. The Hall–Kier alpha value is -1.87. The highest BCUT2D eigenvalue weighted by atomic mass is 35.5. The number of rotatable bonds is 1. The molecule has 3 nitrogen and oxygen atoms in total. The van der Waals surface area contributed by atoms with Crippen molar-refractivity contribution >= 4 is 22.4 Å². The molecule has 0 spiro atoms. The Bertz CT molecular complexity index is 688. The monoisotopic (exact) mass is 243 g/mol. The standard InChI is InChI=1S/C13H10ClN3/c1-17-12(5-6-16-17)10-4-2-3-9-8-15-13(14)7-11(9)10/h2-8H,1H3. The van der Waals surface area contributed by atoms with E-state index < -0.39 is 0 Å². The Morgan fingerprint density at radius 3 is 2.88 bits per heavy atom. The van der Waals surface area contributed by atoms with Gasteiger partial charge in [0.2, 0.25) is 0 Å². The van der Waals surface area contributed by atoms with E-state index in [1.807, 2.05) is 36.0 Å². The lowest BCUT2D eigenvalue weighted by Gasteiger charge is -2.06. The Morgan fingerprint density at radius 2 is 2.12 bits per heavy atom. The Kier molecular flexibility index (Phi) is 2.34. The van der Waals surface area contributed by atoms with Crippen LogP contribution in [0.15, 0.2) is 42.7 Å². The predicted molar refractivity (Wildman–Crippen MR) is 69.0 cm³/mol. The smallest absolute Gasteiger partial charge is 0.129 e. The molecule has 0 saturated carbocycles. The summed E-state index contributed by atoms with van der Waals surface area (Å²) in [6.45, 7) is 0. The second kappa shape index (κ2) is 3.86. The van der Waals surface area contributed by atoms with Gasteiger partial charge in [-0.15, -0.1) is 0 Å². The lowest BCUT2D eigenvalue weighted by molar-refractivity contribution is 0.776. The van der Waals surface area contributed by atoms with E-state index in [0.29, 0.717) is 5.15 Å². The van der Waals surface area contributed by atoms with Crippen LogP contribution in [0, 0.1) is 0 Å². The molecule has 0 aliphatic carbocycles. The summed E-state index contributed by atoms with van der Waals surface area (Å²) in [4.78, 5) is 4.10. The van der Waals surface area contributed by atoms with Gasteiger partial charge in [0.25, 0.3) is 0 Å². The SMILES string of the molecule is Cn1nccc1-c1cccc2cnc(Cl)cc12. The van der Waals surface area contributed by atoms with E-state index in [1.165, 1.54) is 0 Å². The molecule has 3 aromatic rings. The first-order valence-electron chi connectivity index (χ1n) is 5.28. The second-order valence-corrected chi connectivity index (χ2v) is 4.26. The van der Waals surface area contributed by atoms with Crippen LogP contribution in [-0.2, 0) is 7.05 Å². The van der Waals surface area contributed by atoms with Crippen LogP contribution in [0.4, 0.5) is 0 Å². The molecule has 84 valence electrons. The molecule has 2 aromatic heterocycles. The summed E-state index contributed by atoms with van der Waals surface area (Å²) < 4.78 is 1.85. The molecule has 2 heterocycles. The van der Waals surface area contributed by atoms with Gasteiger partial charge in [0.1, 0.15) is 5.15 Å². The molecular formula is C13H10ClN3. The van der Waals surface area contributed by atoms with Gasteiger partial charge in [0.15, 0.2) is 0 Å². The van der Waals surface area contributed by atoms with Crippen molar-refractivity contribution in [2.75, 3.05) is 0 Å². The first kappa shape index (κ1) is 10.3. The normalized spacial score (nSPS) is 10.9. The maximum atomic E-state index is 5.96. The molecule has 3 rings (SSSR count). The van der Waals surface area contributed by atoms with Crippen molar-refractivity contribution in [1.29, 1.82) is 0 Å². The molecule has 0 fully saturated rings. The summed E-state index contributed by atoms with van der Waals surface area (Å²) in [5, 5.41) is 6.87. The number of hydrogen-bond donors (Lipinski definition) is 0. The van der Waals surface area contributed by atoms with E-state index in [9.17, 15) is 0 Å². The third-order valence-electron chi connectivity index (χ3n) is 2.83. The zero-order chi connectivity index (χ0) is 11.8. The van der Waals surface area contributed by atoms with Crippen LogP contribution in [0.25, 0.3) is 22.0 Å². The minimum atomic E-state index is 0.507. The summed E-state index contributed by atoms with van der Waals surface area (Å²) in [6, 6.07) is 9.98. The molecule has 0 unspecified atom stereocenters. The first-order valence-corrected chi connectivity index (χ1v) is 5.66. The Morgan fingerprint density at radius 1 is 1.24 bits per heavy atom. The maximum Gasteiger partial charge on any atom is 0.129 e. The summed E-state index contributed by atoms with van der Waals surface area (Å²) >= 11 is 5.96. The van der Waals surface area contributed by atoms with Crippen molar-refractivity contribution in [3.8, 4) is 11.3 Å². The van der Waals surface area contributed by atoms with Crippen LogP contribution >= 0.6 is 11.6 Å². The summed E-state index contributed by atoms with van der Waals surface area (Å²) in [7, 11) is 1.93. The van der Waals surface area contributed by atoms with Crippen LogP contribution in [0.2, 0.25) is 5.15 Å². The minimum absolute atomic E-state index is 0.507. The molecule has 0 amide bonds. The van der Waals surface area contributed by atoms with Crippen molar-refractivity contribution in [1.82, 2.24) is 14.8 Å². The number of benzene rings is 1. The zero-order valence-electron chi connectivity index (χ0n) is 9.26. The molecule has 0 aliphatic heterocycles. The largest absolute Gasteiger partial charge is 0.268 e.